The van der Waals surface area contributed by atoms with E-state index in [1.165, 1.54) is 9.08 Å². The minimum Gasteiger partial charge on any atom is -0.488 e. The highest BCUT2D eigenvalue weighted by Gasteiger charge is 2.18. The van der Waals surface area contributed by atoms with Gasteiger partial charge in [0.25, 0.3) is 0 Å². The van der Waals surface area contributed by atoms with E-state index >= 15 is 0 Å². The zero-order chi connectivity index (χ0) is 17.2. The molecule has 0 fully saturated rings. The molecule has 0 amide bonds. The van der Waals surface area contributed by atoms with Crippen LogP contribution < -0.4 is 10.4 Å². The van der Waals surface area contributed by atoms with Gasteiger partial charge in [-0.25, -0.2) is 14.3 Å². The minimum atomic E-state index is -0.452. The molecule has 0 bridgehead atoms. The van der Waals surface area contributed by atoms with E-state index < -0.39 is 5.97 Å². The van der Waals surface area contributed by atoms with Crippen molar-refractivity contribution in [2.45, 2.75) is 6.54 Å². The summed E-state index contributed by atoms with van der Waals surface area (Å²) in [5, 5.41) is 4.19. The number of para-hydroxylation sites is 1. The Hall–Kier alpha value is -3.35. The van der Waals surface area contributed by atoms with E-state index in [2.05, 4.69) is 5.10 Å². The molecule has 7 heteroatoms. The van der Waals surface area contributed by atoms with Crippen LogP contribution in [0.5, 0.6) is 5.75 Å². The maximum atomic E-state index is 12.2. The van der Waals surface area contributed by atoms with E-state index in [0.717, 1.165) is 11.3 Å². The van der Waals surface area contributed by atoms with Gasteiger partial charge in [0.1, 0.15) is 19.0 Å². The first-order valence-corrected chi connectivity index (χ1v) is 7.86. The van der Waals surface area contributed by atoms with Crippen LogP contribution in [-0.4, -0.2) is 33.4 Å². The van der Waals surface area contributed by atoms with Gasteiger partial charge < -0.3 is 9.47 Å². The van der Waals surface area contributed by atoms with Gasteiger partial charge in [-0.3, -0.25) is 4.40 Å². The van der Waals surface area contributed by atoms with E-state index in [1.54, 1.807) is 30.5 Å². The third kappa shape index (κ3) is 2.91. The SMILES string of the molecule is O=C(OCCn1nc2ccccn2c1=O)C1=Cc2ccccc2OC1. The van der Waals surface area contributed by atoms with Gasteiger partial charge in [0.05, 0.1) is 12.1 Å². The molecule has 0 spiro atoms. The average Bonchev–Trinajstić information content (AvgIpc) is 2.97. The molecule has 1 aliphatic rings. The predicted octanol–water partition coefficient (Wildman–Crippen LogP) is 1.52. The smallest absolute Gasteiger partial charge is 0.350 e. The van der Waals surface area contributed by atoms with Gasteiger partial charge in [0, 0.05) is 11.8 Å². The normalized spacial score (nSPS) is 13.0. The van der Waals surface area contributed by atoms with Gasteiger partial charge in [-0.05, 0) is 24.3 Å². The number of hydrogen-bond donors (Lipinski definition) is 0. The fraction of sp³-hybridized carbons (Fsp3) is 0.167. The molecule has 1 aromatic carbocycles. The fourth-order valence-corrected chi connectivity index (χ4v) is 2.67. The Labute approximate surface area is 142 Å². The third-order valence-corrected chi connectivity index (χ3v) is 3.92. The summed E-state index contributed by atoms with van der Waals surface area (Å²) in [6, 6.07) is 12.8. The van der Waals surface area contributed by atoms with E-state index in [1.807, 2.05) is 24.3 Å². The number of benzene rings is 1. The molecule has 25 heavy (non-hydrogen) atoms. The van der Waals surface area contributed by atoms with Crippen molar-refractivity contribution in [3.8, 4) is 5.75 Å². The molecule has 0 atom stereocenters. The summed E-state index contributed by atoms with van der Waals surface area (Å²) in [6.45, 7) is 0.419. The molecule has 126 valence electrons. The highest BCUT2D eigenvalue weighted by Crippen LogP contribution is 2.25. The lowest BCUT2D eigenvalue weighted by molar-refractivity contribution is -0.139. The minimum absolute atomic E-state index is 0.0572. The first-order chi connectivity index (χ1) is 12.2. The van der Waals surface area contributed by atoms with Crippen molar-refractivity contribution in [2.24, 2.45) is 0 Å². The Bertz CT molecular complexity index is 1030. The molecule has 1 aliphatic heterocycles. The zero-order valence-electron chi connectivity index (χ0n) is 13.3. The van der Waals surface area contributed by atoms with Crippen LogP contribution in [0.15, 0.2) is 59.0 Å². The number of pyridine rings is 1. The molecule has 0 unspecified atom stereocenters. The van der Waals surface area contributed by atoms with Crippen molar-refractivity contribution in [3.05, 3.63) is 70.3 Å². The van der Waals surface area contributed by atoms with E-state index in [-0.39, 0.29) is 25.4 Å². The monoisotopic (exact) mass is 337 g/mol. The maximum Gasteiger partial charge on any atom is 0.350 e. The molecule has 0 saturated heterocycles. The average molecular weight is 337 g/mol. The number of esters is 1. The summed E-state index contributed by atoms with van der Waals surface area (Å²) in [5.41, 5.74) is 1.58. The van der Waals surface area contributed by atoms with Crippen LogP contribution in [0.1, 0.15) is 5.56 Å². The number of nitrogens with zero attached hydrogens (tertiary/aromatic N) is 3. The number of ether oxygens (including phenoxy) is 2. The Morgan fingerprint density at radius 1 is 1.20 bits per heavy atom. The quantitative estimate of drug-likeness (QED) is 0.675. The van der Waals surface area contributed by atoms with Gasteiger partial charge in [0.15, 0.2) is 5.65 Å². The van der Waals surface area contributed by atoms with Crippen LogP contribution in [0.3, 0.4) is 0 Å². The van der Waals surface area contributed by atoms with Crippen LogP contribution in [0.25, 0.3) is 11.7 Å². The zero-order valence-corrected chi connectivity index (χ0v) is 13.3. The van der Waals surface area contributed by atoms with Crippen molar-refractivity contribution in [1.29, 1.82) is 0 Å². The molecule has 0 saturated carbocycles. The van der Waals surface area contributed by atoms with Gasteiger partial charge in [0.2, 0.25) is 0 Å². The topological polar surface area (TPSA) is 74.8 Å². The number of carbonyl (C=O) groups is 1. The summed E-state index contributed by atoms with van der Waals surface area (Å²) in [6.07, 6.45) is 3.41. The first kappa shape index (κ1) is 15.2. The summed E-state index contributed by atoms with van der Waals surface area (Å²) >= 11 is 0. The van der Waals surface area contributed by atoms with Gasteiger partial charge in [-0.15, -0.1) is 5.10 Å². The highest BCUT2D eigenvalue weighted by molar-refractivity contribution is 5.95. The lowest BCUT2D eigenvalue weighted by atomic mass is 10.1. The fourth-order valence-electron chi connectivity index (χ4n) is 2.67. The molecule has 0 N–H and O–H groups in total. The number of aromatic nitrogens is 3. The van der Waals surface area contributed by atoms with Gasteiger partial charge in [-0.2, -0.15) is 0 Å². The van der Waals surface area contributed by atoms with Crippen LogP contribution in [-0.2, 0) is 16.1 Å². The number of carbonyl (C=O) groups excluding carboxylic acids is 1. The van der Waals surface area contributed by atoms with Crippen molar-refractivity contribution >= 4 is 17.7 Å². The Morgan fingerprint density at radius 2 is 2.04 bits per heavy atom. The van der Waals surface area contributed by atoms with Gasteiger partial charge >= 0.3 is 11.7 Å². The molecular weight excluding hydrogens is 322 g/mol. The third-order valence-electron chi connectivity index (χ3n) is 3.92. The molecule has 0 aliphatic carbocycles. The largest absolute Gasteiger partial charge is 0.488 e. The second kappa shape index (κ2) is 6.27. The maximum absolute atomic E-state index is 12.2. The molecule has 0 radical (unpaired) electrons. The van der Waals surface area contributed by atoms with E-state index in [9.17, 15) is 9.59 Å². The van der Waals surface area contributed by atoms with Crippen molar-refractivity contribution in [2.75, 3.05) is 13.2 Å². The lowest BCUT2D eigenvalue weighted by Gasteiger charge is -2.16. The van der Waals surface area contributed by atoms with Crippen LogP contribution in [0, 0.1) is 0 Å². The van der Waals surface area contributed by atoms with Gasteiger partial charge in [-0.1, -0.05) is 24.3 Å². The Balaban J connectivity index is 1.42. The summed E-state index contributed by atoms with van der Waals surface area (Å²) in [4.78, 5) is 24.3. The Morgan fingerprint density at radius 3 is 2.92 bits per heavy atom. The van der Waals surface area contributed by atoms with Crippen molar-refractivity contribution in [1.82, 2.24) is 14.2 Å². The number of rotatable bonds is 4. The summed E-state index contributed by atoms with van der Waals surface area (Å²) in [7, 11) is 0. The van der Waals surface area contributed by atoms with Crippen molar-refractivity contribution in [3.63, 3.8) is 0 Å². The van der Waals surface area contributed by atoms with Crippen LogP contribution in [0.4, 0.5) is 0 Å². The van der Waals surface area contributed by atoms with Crippen molar-refractivity contribution < 1.29 is 14.3 Å². The molecule has 3 heterocycles. The summed E-state index contributed by atoms with van der Waals surface area (Å²) in [5.74, 6) is 0.293. The molecule has 2 aromatic heterocycles. The van der Waals surface area contributed by atoms with E-state index in [0.29, 0.717) is 11.2 Å². The lowest BCUT2D eigenvalue weighted by Crippen LogP contribution is -2.25. The second-order valence-corrected chi connectivity index (χ2v) is 5.57. The number of fused-ring (bicyclic) bond motifs is 2. The number of hydrogen-bond acceptors (Lipinski definition) is 5. The molecule has 7 nitrogen and oxygen atoms in total. The van der Waals surface area contributed by atoms with Crippen LogP contribution >= 0.6 is 0 Å². The second-order valence-electron chi connectivity index (χ2n) is 5.57. The molecule has 4 rings (SSSR count). The standard InChI is InChI=1S/C18H15N3O4/c22-17(14-11-13-5-1-2-6-15(13)25-12-14)24-10-9-21-18(23)20-8-4-3-7-16(20)19-21/h1-8,11H,9-10,12H2. The first-order valence-electron chi connectivity index (χ1n) is 7.86. The molecule has 3 aromatic rings. The highest BCUT2D eigenvalue weighted by atomic mass is 16.5. The van der Waals surface area contributed by atoms with Crippen LogP contribution in [0.2, 0.25) is 0 Å². The van der Waals surface area contributed by atoms with E-state index in [4.69, 9.17) is 9.47 Å². The molecular formula is C18H15N3O4. The summed E-state index contributed by atoms with van der Waals surface area (Å²) < 4.78 is 13.5. The predicted molar refractivity (Wildman–Crippen MR) is 90.3 cm³/mol. The Kier molecular flexibility index (Phi) is 3.81.